The number of alkyl halides is 3. The van der Waals surface area contributed by atoms with E-state index in [1.165, 1.54) is 7.11 Å². The molecule has 0 aliphatic carbocycles. The minimum atomic E-state index is -5.89. The first-order valence-corrected chi connectivity index (χ1v) is 14.2. The van der Waals surface area contributed by atoms with Crippen molar-refractivity contribution in [1.29, 1.82) is 0 Å². The van der Waals surface area contributed by atoms with E-state index in [9.17, 15) is 21.6 Å². The van der Waals surface area contributed by atoms with Crippen LogP contribution in [0.15, 0.2) is 91.0 Å². The van der Waals surface area contributed by atoms with Gasteiger partial charge in [-0.05, 0) is 16.7 Å². The summed E-state index contributed by atoms with van der Waals surface area (Å²) in [4.78, 5) is 0. The van der Waals surface area contributed by atoms with E-state index in [0.717, 1.165) is 16.7 Å². The fourth-order valence-electron chi connectivity index (χ4n) is 4.29. The van der Waals surface area contributed by atoms with Crippen molar-refractivity contribution in [1.82, 2.24) is 0 Å². The van der Waals surface area contributed by atoms with Gasteiger partial charge in [0.05, 0.1) is 26.4 Å². The van der Waals surface area contributed by atoms with Crippen molar-refractivity contribution in [2.24, 2.45) is 0 Å². The largest absolute Gasteiger partial charge is 0.523 e. The van der Waals surface area contributed by atoms with Crippen LogP contribution in [-0.2, 0) is 57.8 Å². The van der Waals surface area contributed by atoms with Gasteiger partial charge in [-0.3, -0.25) is 4.18 Å². The minimum Gasteiger partial charge on any atom is -0.368 e. The average Bonchev–Trinajstić information content (AvgIpc) is 2.98. The van der Waals surface area contributed by atoms with E-state index in [1.807, 2.05) is 91.0 Å². The molecule has 3 aromatic rings. The first-order valence-electron chi connectivity index (χ1n) is 12.8. The maximum Gasteiger partial charge on any atom is 0.523 e. The third kappa shape index (κ3) is 8.58. The minimum absolute atomic E-state index is 0.0334. The molecule has 3 aromatic carbocycles. The molecule has 0 aromatic heterocycles. The lowest BCUT2D eigenvalue weighted by Gasteiger charge is -2.45. The summed E-state index contributed by atoms with van der Waals surface area (Å²) in [6, 6.07) is 27.6. The van der Waals surface area contributed by atoms with E-state index in [2.05, 4.69) is 4.18 Å². The van der Waals surface area contributed by atoms with Crippen LogP contribution in [0.2, 0.25) is 0 Å². The number of halogens is 3. The van der Waals surface area contributed by atoms with Crippen molar-refractivity contribution in [3.05, 3.63) is 108 Å². The lowest BCUT2D eigenvalue weighted by Crippen LogP contribution is -2.61. The van der Waals surface area contributed by atoms with Gasteiger partial charge in [0.15, 0.2) is 6.29 Å². The highest BCUT2D eigenvalue weighted by Gasteiger charge is 2.52. The first-order chi connectivity index (χ1) is 19.7. The second-order valence-corrected chi connectivity index (χ2v) is 10.9. The molecular formula is C29H31F3O8S. The molecule has 4 rings (SSSR count). The van der Waals surface area contributed by atoms with E-state index < -0.39 is 52.9 Å². The zero-order chi connectivity index (χ0) is 29.3. The Balaban J connectivity index is 1.64. The maximum absolute atomic E-state index is 13.1. The van der Waals surface area contributed by atoms with Crippen LogP contribution < -0.4 is 0 Å². The third-order valence-corrected chi connectivity index (χ3v) is 7.36. The van der Waals surface area contributed by atoms with Gasteiger partial charge in [-0.15, -0.1) is 0 Å². The molecule has 1 aliphatic heterocycles. The summed E-state index contributed by atoms with van der Waals surface area (Å²) in [6.07, 6.45) is -5.42. The van der Waals surface area contributed by atoms with Crippen LogP contribution in [0.5, 0.6) is 0 Å². The van der Waals surface area contributed by atoms with Gasteiger partial charge in [-0.2, -0.15) is 21.6 Å². The lowest BCUT2D eigenvalue weighted by molar-refractivity contribution is -0.320. The Bertz CT molecular complexity index is 1290. The zero-order valence-electron chi connectivity index (χ0n) is 22.2. The Kier molecular flexibility index (Phi) is 10.9. The van der Waals surface area contributed by atoms with Crippen molar-refractivity contribution in [2.75, 3.05) is 13.7 Å². The van der Waals surface area contributed by atoms with Crippen LogP contribution in [0.25, 0.3) is 0 Å². The molecule has 222 valence electrons. The molecule has 12 heteroatoms. The highest BCUT2D eigenvalue weighted by molar-refractivity contribution is 7.87. The van der Waals surface area contributed by atoms with Crippen molar-refractivity contribution < 1.29 is 49.5 Å². The topological polar surface area (TPSA) is 89.5 Å². The molecule has 0 N–H and O–H groups in total. The molecule has 0 spiro atoms. The second kappa shape index (κ2) is 14.4. The number of ether oxygens (including phenoxy) is 5. The van der Waals surface area contributed by atoms with Crippen LogP contribution in [-0.4, -0.2) is 58.3 Å². The Morgan fingerprint density at radius 2 is 1.10 bits per heavy atom. The molecule has 1 heterocycles. The van der Waals surface area contributed by atoms with Crippen LogP contribution >= 0.6 is 0 Å². The van der Waals surface area contributed by atoms with Gasteiger partial charge in [0.2, 0.25) is 0 Å². The molecule has 41 heavy (non-hydrogen) atoms. The zero-order valence-corrected chi connectivity index (χ0v) is 23.0. The predicted molar refractivity (Wildman–Crippen MR) is 142 cm³/mol. The van der Waals surface area contributed by atoms with E-state index in [1.54, 1.807) is 0 Å². The summed E-state index contributed by atoms with van der Waals surface area (Å²) in [6.45, 7) is -0.703. The highest BCUT2D eigenvalue weighted by Crippen LogP contribution is 2.32. The van der Waals surface area contributed by atoms with Gasteiger partial charge in [-0.1, -0.05) is 91.0 Å². The number of benzene rings is 3. The van der Waals surface area contributed by atoms with Gasteiger partial charge in [0.1, 0.15) is 24.4 Å². The number of methoxy groups -OCH3 is 1. The molecular weight excluding hydrogens is 565 g/mol. The van der Waals surface area contributed by atoms with E-state index in [-0.39, 0.29) is 19.8 Å². The van der Waals surface area contributed by atoms with Crippen molar-refractivity contribution in [2.45, 2.75) is 56.0 Å². The maximum atomic E-state index is 13.1. The quantitative estimate of drug-likeness (QED) is 0.202. The fourth-order valence-corrected chi connectivity index (χ4v) is 4.74. The number of hydrogen-bond donors (Lipinski definition) is 0. The first kappa shape index (κ1) is 31.1. The van der Waals surface area contributed by atoms with Crippen molar-refractivity contribution in [3.8, 4) is 0 Å². The summed E-state index contributed by atoms with van der Waals surface area (Å²) >= 11 is 0. The Morgan fingerprint density at radius 3 is 1.51 bits per heavy atom. The van der Waals surface area contributed by atoms with Gasteiger partial charge < -0.3 is 23.7 Å². The van der Waals surface area contributed by atoms with Gasteiger partial charge in [0.25, 0.3) is 0 Å². The summed E-state index contributed by atoms with van der Waals surface area (Å²) < 4.78 is 97.1. The van der Waals surface area contributed by atoms with Crippen LogP contribution in [0, 0.1) is 0 Å². The molecule has 5 atom stereocenters. The standard InChI is InChI=1S/C29H31F3O8S/c1-35-28-27(38-19-23-15-9-4-10-16-23)26(37-18-22-13-7-3-8-14-22)25(36-17-21-11-5-2-6-12-21)24(40-28)20-39-41(33,34)29(30,31)32/h2-16,24-28H,17-20H2,1H3/t24-,25-,26+,27+,28+/m1/s1. The molecule has 0 unspecified atom stereocenters. The Morgan fingerprint density at radius 1 is 0.683 bits per heavy atom. The van der Waals surface area contributed by atoms with Crippen LogP contribution in [0.3, 0.4) is 0 Å². The smallest absolute Gasteiger partial charge is 0.368 e. The summed E-state index contributed by atoms with van der Waals surface area (Å²) in [7, 11) is -4.55. The van der Waals surface area contributed by atoms with Crippen molar-refractivity contribution in [3.63, 3.8) is 0 Å². The monoisotopic (exact) mass is 596 g/mol. The third-order valence-electron chi connectivity index (χ3n) is 6.35. The van der Waals surface area contributed by atoms with E-state index >= 15 is 0 Å². The number of rotatable bonds is 13. The second-order valence-electron chi connectivity index (χ2n) is 9.25. The molecule has 0 radical (unpaired) electrons. The molecule has 0 saturated carbocycles. The van der Waals surface area contributed by atoms with Gasteiger partial charge in [-0.25, -0.2) is 0 Å². The Hall–Kier alpha value is -2.84. The van der Waals surface area contributed by atoms with E-state index in [0.29, 0.717) is 0 Å². The normalized spacial score (nSPS) is 23.4. The Labute approximate surface area is 237 Å². The predicted octanol–water partition coefficient (Wildman–Crippen LogP) is 4.98. The summed E-state index contributed by atoms with van der Waals surface area (Å²) in [5, 5.41) is 0. The average molecular weight is 597 g/mol. The fraction of sp³-hybridized carbons (Fsp3) is 0.379. The molecule has 1 aliphatic rings. The molecule has 0 bridgehead atoms. The number of hydrogen-bond acceptors (Lipinski definition) is 8. The molecule has 0 amide bonds. The van der Waals surface area contributed by atoms with Gasteiger partial charge in [0, 0.05) is 7.11 Å². The molecule has 1 fully saturated rings. The lowest BCUT2D eigenvalue weighted by atomic mass is 9.98. The SMILES string of the molecule is CO[C@H]1O[C@H](COS(=O)(=O)C(F)(F)F)[C@@H](OCc2ccccc2)[C@H](OCc2ccccc2)[C@@H]1OCc1ccccc1. The van der Waals surface area contributed by atoms with Crippen LogP contribution in [0.1, 0.15) is 16.7 Å². The van der Waals surface area contributed by atoms with Crippen molar-refractivity contribution >= 4 is 10.1 Å². The molecule has 8 nitrogen and oxygen atoms in total. The van der Waals surface area contributed by atoms with E-state index in [4.69, 9.17) is 23.7 Å². The van der Waals surface area contributed by atoms with Gasteiger partial charge >= 0.3 is 15.6 Å². The summed E-state index contributed by atoms with van der Waals surface area (Å²) in [5.74, 6) is 0. The molecule has 1 saturated heterocycles. The highest BCUT2D eigenvalue weighted by atomic mass is 32.2. The van der Waals surface area contributed by atoms with Crippen LogP contribution in [0.4, 0.5) is 13.2 Å². The summed E-state index contributed by atoms with van der Waals surface area (Å²) in [5.41, 5.74) is -3.16.